The second-order valence-corrected chi connectivity index (χ2v) is 5.65. The molecule has 7 nitrogen and oxygen atoms in total. The van der Waals surface area contributed by atoms with Crippen LogP contribution in [0.2, 0.25) is 0 Å². The summed E-state index contributed by atoms with van der Waals surface area (Å²) in [5, 5.41) is 7.41. The number of fused-ring (bicyclic) bond motifs is 2. The van der Waals surface area contributed by atoms with Crippen LogP contribution in [0.25, 0.3) is 11.0 Å². The van der Waals surface area contributed by atoms with Gasteiger partial charge in [-0.2, -0.15) is 0 Å². The molecule has 2 fully saturated rings. The van der Waals surface area contributed by atoms with Crippen molar-refractivity contribution in [3.05, 3.63) is 18.6 Å². The molecule has 3 N–H and O–H groups in total. The molecular weight excluding hydrogens is 270 g/mol. The standard InChI is InChI=1S/C14H17N5O2/c1-7(20)18-11-10(8-3-5-21-12(8)11)19-14-9-2-4-15-13(9)16-6-17-14/h2,4,6,8,10-12H,3,5H2,1H3,(H,18,20)(H2,15,16,17,19)/t8-,10+,11-,12-/m1/s1. The van der Waals surface area contributed by atoms with Crippen LogP contribution in [-0.2, 0) is 9.53 Å². The Morgan fingerprint density at radius 2 is 2.33 bits per heavy atom. The topological polar surface area (TPSA) is 91.9 Å². The Bertz CT molecular complexity index is 685. The van der Waals surface area contributed by atoms with Crippen LogP contribution in [0.15, 0.2) is 18.6 Å². The Morgan fingerprint density at radius 1 is 1.43 bits per heavy atom. The number of aromatic nitrogens is 3. The zero-order valence-corrected chi connectivity index (χ0v) is 11.7. The maximum absolute atomic E-state index is 11.4. The van der Waals surface area contributed by atoms with Gasteiger partial charge in [0.1, 0.15) is 17.8 Å². The number of carbonyl (C=O) groups is 1. The number of nitrogens with zero attached hydrogens (tertiary/aromatic N) is 2. The smallest absolute Gasteiger partial charge is 0.217 e. The second kappa shape index (κ2) is 4.70. The lowest BCUT2D eigenvalue weighted by Crippen LogP contribution is -2.68. The van der Waals surface area contributed by atoms with Gasteiger partial charge < -0.3 is 20.4 Å². The van der Waals surface area contributed by atoms with Crippen molar-refractivity contribution in [2.75, 3.05) is 11.9 Å². The van der Waals surface area contributed by atoms with Gasteiger partial charge in [-0.25, -0.2) is 9.97 Å². The molecule has 4 rings (SSSR count). The molecule has 0 unspecified atom stereocenters. The lowest BCUT2D eigenvalue weighted by atomic mass is 9.71. The number of anilines is 1. The normalized spacial score (nSPS) is 30.7. The number of aromatic amines is 1. The van der Waals surface area contributed by atoms with E-state index < -0.39 is 0 Å². The Balaban J connectivity index is 1.60. The molecule has 4 atom stereocenters. The van der Waals surface area contributed by atoms with Gasteiger partial charge in [-0.15, -0.1) is 0 Å². The summed E-state index contributed by atoms with van der Waals surface area (Å²) in [4.78, 5) is 23.0. The van der Waals surface area contributed by atoms with Gasteiger partial charge in [0.05, 0.1) is 23.6 Å². The fourth-order valence-corrected chi connectivity index (χ4v) is 3.46. The molecule has 110 valence electrons. The molecule has 2 aliphatic rings. The second-order valence-electron chi connectivity index (χ2n) is 5.65. The molecule has 1 aliphatic heterocycles. The van der Waals surface area contributed by atoms with Crippen LogP contribution in [0, 0.1) is 5.92 Å². The van der Waals surface area contributed by atoms with Crippen molar-refractivity contribution < 1.29 is 9.53 Å². The Morgan fingerprint density at radius 3 is 3.19 bits per heavy atom. The molecule has 1 saturated carbocycles. The largest absolute Gasteiger partial charge is 0.376 e. The highest BCUT2D eigenvalue weighted by molar-refractivity contribution is 5.87. The van der Waals surface area contributed by atoms with Crippen molar-refractivity contribution in [1.29, 1.82) is 0 Å². The average molecular weight is 287 g/mol. The summed E-state index contributed by atoms with van der Waals surface area (Å²) in [6.45, 7) is 2.29. The maximum atomic E-state index is 11.4. The van der Waals surface area contributed by atoms with Crippen LogP contribution < -0.4 is 10.6 Å². The number of hydrogen-bond donors (Lipinski definition) is 3. The van der Waals surface area contributed by atoms with Gasteiger partial charge in [0.25, 0.3) is 0 Å². The maximum Gasteiger partial charge on any atom is 0.217 e. The van der Waals surface area contributed by atoms with E-state index in [-0.39, 0.29) is 24.1 Å². The summed E-state index contributed by atoms with van der Waals surface area (Å²) < 4.78 is 5.71. The van der Waals surface area contributed by atoms with Gasteiger partial charge in [-0.05, 0) is 12.5 Å². The number of ether oxygens (including phenoxy) is 1. The minimum atomic E-state index is -0.0322. The third-order valence-corrected chi connectivity index (χ3v) is 4.41. The van der Waals surface area contributed by atoms with E-state index in [9.17, 15) is 4.79 Å². The van der Waals surface area contributed by atoms with Crippen LogP contribution in [0.1, 0.15) is 13.3 Å². The molecule has 0 aromatic carbocycles. The molecule has 0 bridgehead atoms. The molecule has 0 radical (unpaired) electrons. The zero-order chi connectivity index (χ0) is 14.4. The third kappa shape index (κ3) is 1.96. The van der Waals surface area contributed by atoms with Crippen LogP contribution >= 0.6 is 0 Å². The van der Waals surface area contributed by atoms with E-state index in [4.69, 9.17) is 4.74 Å². The predicted octanol–water partition coefficient (Wildman–Crippen LogP) is 0.662. The highest BCUT2D eigenvalue weighted by Crippen LogP contribution is 2.41. The van der Waals surface area contributed by atoms with Crippen molar-refractivity contribution in [2.45, 2.75) is 31.5 Å². The molecule has 7 heteroatoms. The van der Waals surface area contributed by atoms with Gasteiger partial charge in [0.2, 0.25) is 5.91 Å². The summed E-state index contributed by atoms with van der Waals surface area (Å²) in [7, 11) is 0. The fraction of sp³-hybridized carbons (Fsp3) is 0.500. The van der Waals surface area contributed by atoms with E-state index >= 15 is 0 Å². The summed E-state index contributed by atoms with van der Waals surface area (Å²) >= 11 is 0. The van der Waals surface area contributed by atoms with Crippen molar-refractivity contribution >= 4 is 22.8 Å². The van der Waals surface area contributed by atoms with E-state index in [2.05, 4.69) is 25.6 Å². The van der Waals surface area contributed by atoms with E-state index in [0.29, 0.717) is 5.92 Å². The summed E-state index contributed by atoms with van der Waals surface area (Å²) in [5.74, 6) is 1.19. The molecule has 1 amide bonds. The number of carbonyl (C=O) groups excluding carboxylic acids is 1. The molecule has 0 spiro atoms. The molecule has 2 aromatic rings. The first-order valence-corrected chi connectivity index (χ1v) is 7.17. The van der Waals surface area contributed by atoms with Gasteiger partial charge >= 0.3 is 0 Å². The van der Waals surface area contributed by atoms with E-state index in [1.54, 1.807) is 0 Å². The van der Waals surface area contributed by atoms with Crippen LogP contribution in [0.5, 0.6) is 0 Å². The molecule has 2 aromatic heterocycles. The minimum absolute atomic E-state index is 0.000966. The summed E-state index contributed by atoms with van der Waals surface area (Å²) in [5.41, 5.74) is 0.808. The molecule has 3 heterocycles. The predicted molar refractivity (Wildman–Crippen MR) is 76.8 cm³/mol. The quantitative estimate of drug-likeness (QED) is 0.771. The number of H-pyrrole nitrogens is 1. The first-order chi connectivity index (χ1) is 10.2. The molecule has 21 heavy (non-hydrogen) atoms. The van der Waals surface area contributed by atoms with E-state index in [1.165, 1.54) is 13.3 Å². The van der Waals surface area contributed by atoms with E-state index in [0.717, 1.165) is 29.9 Å². The summed E-state index contributed by atoms with van der Waals surface area (Å²) in [6, 6.07) is 2.10. The van der Waals surface area contributed by atoms with Gasteiger partial charge in [-0.1, -0.05) is 0 Å². The monoisotopic (exact) mass is 287 g/mol. The molecule has 1 aliphatic carbocycles. The average Bonchev–Trinajstić information content (AvgIpc) is 3.09. The number of rotatable bonds is 3. The Labute approximate surface area is 121 Å². The van der Waals surface area contributed by atoms with Crippen molar-refractivity contribution in [3.8, 4) is 0 Å². The van der Waals surface area contributed by atoms with Crippen LogP contribution in [0.3, 0.4) is 0 Å². The van der Waals surface area contributed by atoms with Gasteiger partial charge in [0.15, 0.2) is 0 Å². The van der Waals surface area contributed by atoms with Gasteiger partial charge in [0, 0.05) is 25.6 Å². The minimum Gasteiger partial charge on any atom is -0.376 e. The number of amides is 1. The fourth-order valence-electron chi connectivity index (χ4n) is 3.46. The highest BCUT2D eigenvalue weighted by Gasteiger charge is 2.54. The van der Waals surface area contributed by atoms with E-state index in [1.807, 2.05) is 12.3 Å². The lowest BCUT2D eigenvalue weighted by Gasteiger charge is -2.48. The molecular formula is C14H17N5O2. The SMILES string of the molecule is CC(=O)N[C@@H]1[C@@H](Nc2ncnc3[nH]ccc23)[C@H]2CCO[C@H]21. The van der Waals surface area contributed by atoms with Crippen LogP contribution in [0.4, 0.5) is 5.82 Å². The highest BCUT2D eigenvalue weighted by atomic mass is 16.5. The summed E-state index contributed by atoms with van der Waals surface area (Å²) in [6.07, 6.45) is 4.52. The Kier molecular flexibility index (Phi) is 2.81. The van der Waals surface area contributed by atoms with Crippen molar-refractivity contribution in [3.63, 3.8) is 0 Å². The number of hydrogen-bond acceptors (Lipinski definition) is 5. The van der Waals surface area contributed by atoms with Crippen LogP contribution in [-0.4, -0.2) is 45.7 Å². The van der Waals surface area contributed by atoms with Gasteiger partial charge in [-0.3, -0.25) is 4.79 Å². The van der Waals surface area contributed by atoms with Crippen molar-refractivity contribution in [1.82, 2.24) is 20.3 Å². The third-order valence-electron chi connectivity index (χ3n) is 4.41. The zero-order valence-electron chi connectivity index (χ0n) is 11.7. The number of nitrogens with one attached hydrogen (secondary N) is 3. The first-order valence-electron chi connectivity index (χ1n) is 7.17. The Hall–Kier alpha value is -2.15. The molecule has 1 saturated heterocycles. The first kappa shape index (κ1) is 12.6. The lowest BCUT2D eigenvalue weighted by molar-refractivity contribution is -0.123. The van der Waals surface area contributed by atoms with Crippen molar-refractivity contribution in [2.24, 2.45) is 5.92 Å².